The molecule has 0 spiro atoms. The maximum atomic E-state index is 3.56. The molecule has 0 aliphatic rings. The average Bonchev–Trinajstić information content (AvgIpc) is 2.56. The zero-order chi connectivity index (χ0) is 18.4. The first-order valence-electron chi connectivity index (χ1n) is 7.26. The van der Waals surface area contributed by atoms with E-state index in [2.05, 4.69) is 42.1 Å². The smallest absolute Gasteiger partial charge is 0.0404 e. The van der Waals surface area contributed by atoms with Gasteiger partial charge in [-0.15, -0.1) is 15.8 Å². The van der Waals surface area contributed by atoms with Gasteiger partial charge in [-0.05, 0) is 13.8 Å². The lowest BCUT2D eigenvalue weighted by atomic mass is 10.4. The van der Waals surface area contributed by atoms with Crippen molar-refractivity contribution in [2.75, 3.05) is 6.66 Å². The van der Waals surface area contributed by atoms with E-state index in [0.29, 0.717) is 0 Å². The minimum Gasteiger partial charge on any atom is -0.141 e. The van der Waals surface area contributed by atoms with Crippen molar-refractivity contribution in [2.45, 2.75) is 55.4 Å². The topological polar surface area (TPSA) is 0 Å². The fourth-order valence-electron chi connectivity index (χ4n) is 0. The molecule has 0 fully saturated rings. The van der Waals surface area contributed by atoms with Crippen molar-refractivity contribution < 1.29 is 0 Å². The van der Waals surface area contributed by atoms with E-state index >= 15 is 0 Å². The van der Waals surface area contributed by atoms with Gasteiger partial charge in [0.05, 0.1) is 0 Å². The molecule has 0 rings (SSSR count). The van der Waals surface area contributed by atoms with Crippen LogP contribution in [0.2, 0.25) is 0 Å². The van der Waals surface area contributed by atoms with Gasteiger partial charge in [0.15, 0.2) is 0 Å². The number of hydrogen-bond acceptors (Lipinski definition) is 0. The lowest BCUT2D eigenvalue weighted by molar-refractivity contribution is 1.50. The summed E-state index contributed by atoms with van der Waals surface area (Å²) in [6.07, 6.45) is 6.75. The Balaban J connectivity index is -0.0000000206. The van der Waals surface area contributed by atoms with Crippen LogP contribution in [-0.2, 0) is 0 Å². The molecule has 0 bridgehead atoms. The fourth-order valence-corrected chi connectivity index (χ4v) is 0. The molecule has 0 heterocycles. The SMILES string of the molecule is C=CC.C=CC(=C)C.C=CC=C.CC.CC.CC.CP. The Morgan fingerprint density at radius 3 is 0.850 bits per heavy atom. The Morgan fingerprint density at radius 1 is 0.750 bits per heavy atom. The second-order valence-electron chi connectivity index (χ2n) is 1.93. The van der Waals surface area contributed by atoms with Gasteiger partial charge in [0, 0.05) is 0 Å². The largest absolute Gasteiger partial charge is 0.141 e. The summed E-state index contributed by atoms with van der Waals surface area (Å²) in [5.74, 6) is 0. The lowest BCUT2D eigenvalue weighted by Crippen LogP contribution is -1.50. The molecule has 0 aliphatic carbocycles. The van der Waals surface area contributed by atoms with E-state index in [-0.39, 0.29) is 0 Å². The third-order valence-corrected chi connectivity index (χ3v) is 0.515. The highest BCUT2D eigenvalue weighted by Crippen LogP contribution is 1.81. The molecule has 0 saturated heterocycles. The van der Waals surface area contributed by atoms with Crippen molar-refractivity contribution in [1.82, 2.24) is 0 Å². The number of rotatable bonds is 2. The van der Waals surface area contributed by atoms with E-state index < -0.39 is 0 Å². The number of allylic oxidation sites excluding steroid dienone is 5. The van der Waals surface area contributed by atoms with Crippen LogP contribution in [0.3, 0.4) is 0 Å². The summed E-state index contributed by atoms with van der Waals surface area (Å²) < 4.78 is 0. The molecule has 0 amide bonds. The Labute approximate surface area is 134 Å². The van der Waals surface area contributed by atoms with Gasteiger partial charge in [-0.25, -0.2) is 0 Å². The molecule has 0 aromatic heterocycles. The Morgan fingerprint density at radius 2 is 0.850 bits per heavy atom. The Kier molecular flexibility index (Phi) is 303. The van der Waals surface area contributed by atoms with Crippen molar-refractivity contribution in [3.05, 3.63) is 62.8 Å². The van der Waals surface area contributed by atoms with E-state index in [9.17, 15) is 0 Å². The van der Waals surface area contributed by atoms with Crippen LogP contribution < -0.4 is 0 Å². The predicted molar refractivity (Wildman–Crippen MR) is 111 cm³/mol. The van der Waals surface area contributed by atoms with E-state index in [1.807, 2.05) is 62.1 Å². The van der Waals surface area contributed by atoms with Gasteiger partial charge < -0.3 is 0 Å². The van der Waals surface area contributed by atoms with Gasteiger partial charge in [0.1, 0.15) is 0 Å². The van der Waals surface area contributed by atoms with Crippen molar-refractivity contribution in [1.29, 1.82) is 0 Å². The lowest BCUT2D eigenvalue weighted by Gasteiger charge is -1.71. The van der Waals surface area contributed by atoms with E-state index in [1.165, 1.54) is 0 Å². The van der Waals surface area contributed by atoms with Crippen LogP contribution in [0, 0.1) is 0 Å². The Bertz CT molecular complexity index is 138. The Hall–Kier alpha value is -0.870. The summed E-state index contributed by atoms with van der Waals surface area (Å²) in [5.41, 5.74) is 1.02. The first-order chi connectivity index (χ1) is 9.60. The van der Waals surface area contributed by atoms with Gasteiger partial charge in [0.2, 0.25) is 0 Å². The van der Waals surface area contributed by atoms with Crippen molar-refractivity contribution in [3.8, 4) is 0 Å². The molecule has 0 N–H and O–H groups in total. The van der Waals surface area contributed by atoms with Gasteiger partial charge >= 0.3 is 0 Å². The van der Waals surface area contributed by atoms with E-state index in [4.69, 9.17) is 0 Å². The highest BCUT2D eigenvalue weighted by molar-refractivity contribution is 7.15. The molecular weight excluding hydrogens is 259 g/mol. The van der Waals surface area contributed by atoms with Crippen LogP contribution in [0.5, 0.6) is 0 Å². The van der Waals surface area contributed by atoms with Crippen molar-refractivity contribution >= 4 is 9.24 Å². The van der Waals surface area contributed by atoms with Crippen LogP contribution >= 0.6 is 9.24 Å². The van der Waals surface area contributed by atoms with E-state index in [1.54, 1.807) is 24.3 Å². The highest BCUT2D eigenvalue weighted by Gasteiger charge is 1.59. The molecule has 20 heavy (non-hydrogen) atoms. The predicted octanol–water partition coefficient (Wildman–Crippen LogP) is 7.87. The monoisotopic (exact) mass is 302 g/mol. The molecule has 0 nitrogen and oxygen atoms in total. The quantitative estimate of drug-likeness (QED) is 0.276. The normalized spacial score (nSPS) is 4.50. The zero-order valence-electron chi connectivity index (χ0n) is 15.9. The first-order valence-corrected chi connectivity index (χ1v) is 8.42. The molecular formula is C19H43P. The fraction of sp³-hybridized carbons (Fsp3) is 0.474. The van der Waals surface area contributed by atoms with Crippen LogP contribution in [0.15, 0.2) is 62.8 Å². The van der Waals surface area contributed by atoms with E-state index in [0.717, 1.165) is 5.57 Å². The van der Waals surface area contributed by atoms with Crippen LogP contribution in [-0.4, -0.2) is 6.66 Å². The molecule has 0 saturated carbocycles. The van der Waals surface area contributed by atoms with Crippen LogP contribution in [0.1, 0.15) is 55.4 Å². The van der Waals surface area contributed by atoms with Gasteiger partial charge in [0.25, 0.3) is 0 Å². The molecule has 124 valence electrons. The maximum Gasteiger partial charge on any atom is -0.0404 e. The second-order valence-corrected chi connectivity index (χ2v) is 1.93. The summed E-state index contributed by atoms with van der Waals surface area (Å²) >= 11 is 0. The maximum absolute atomic E-state index is 3.56. The third-order valence-electron chi connectivity index (χ3n) is 0.515. The third kappa shape index (κ3) is 982. The number of hydrogen-bond donors (Lipinski definition) is 0. The summed E-state index contributed by atoms with van der Waals surface area (Å²) in [6.45, 7) is 34.8. The molecule has 1 unspecified atom stereocenters. The summed E-state index contributed by atoms with van der Waals surface area (Å²) in [7, 11) is 2.42. The van der Waals surface area contributed by atoms with Gasteiger partial charge in [-0.3, -0.25) is 0 Å². The molecule has 0 aromatic carbocycles. The zero-order valence-corrected chi connectivity index (χ0v) is 17.1. The van der Waals surface area contributed by atoms with Gasteiger partial charge in [-0.2, -0.15) is 0 Å². The standard InChI is InChI=1S/C5H8.C4H6.C3H6.3C2H6.CH5P/c1-4-5(2)3;1-3-4-2;1-3-2;4*1-2/h4H,1-2H2,3H3;3-4H,1-2H2;3H,1H2,2H3;3*1-2H3;2H2,1H3. The minimum absolute atomic E-state index is 1.02. The van der Waals surface area contributed by atoms with Crippen LogP contribution in [0.4, 0.5) is 0 Å². The summed E-state index contributed by atoms with van der Waals surface area (Å²) in [6, 6.07) is 0. The summed E-state index contributed by atoms with van der Waals surface area (Å²) in [4.78, 5) is 0. The molecule has 0 radical (unpaired) electrons. The minimum atomic E-state index is 1.02. The molecule has 0 aliphatic heterocycles. The molecule has 1 heteroatoms. The van der Waals surface area contributed by atoms with Crippen LogP contribution in [0.25, 0.3) is 0 Å². The molecule has 1 atom stereocenters. The highest BCUT2D eigenvalue weighted by atomic mass is 31.0. The van der Waals surface area contributed by atoms with Crippen molar-refractivity contribution in [2.24, 2.45) is 0 Å². The first kappa shape index (κ1) is 42.7. The summed E-state index contributed by atoms with van der Waals surface area (Å²) in [5, 5.41) is 0. The second kappa shape index (κ2) is 142. The average molecular weight is 303 g/mol. The van der Waals surface area contributed by atoms with Crippen molar-refractivity contribution in [3.63, 3.8) is 0 Å². The molecule has 0 aromatic rings. The van der Waals surface area contributed by atoms with Gasteiger partial charge in [-0.1, -0.05) is 104 Å².